The zero-order chi connectivity index (χ0) is 46.7. The summed E-state index contributed by atoms with van der Waals surface area (Å²) in [6.07, 6.45) is -0.325. The summed E-state index contributed by atoms with van der Waals surface area (Å²) in [7, 11) is -1.54. The number of aromatic nitrogens is 4. The quantitative estimate of drug-likeness (QED) is 0.0463. The van der Waals surface area contributed by atoms with Gasteiger partial charge in [-0.05, 0) is 82.0 Å². The smallest absolute Gasteiger partial charge is 0.280 e. The minimum atomic E-state index is -4.24. The van der Waals surface area contributed by atoms with Crippen LogP contribution in [-0.4, -0.2) is 113 Å². The van der Waals surface area contributed by atoms with Crippen molar-refractivity contribution in [2.24, 2.45) is 0 Å². The summed E-state index contributed by atoms with van der Waals surface area (Å²) >= 11 is 0. The Hall–Kier alpha value is -4.96. The summed E-state index contributed by atoms with van der Waals surface area (Å²) < 4.78 is 74.4. The summed E-state index contributed by atoms with van der Waals surface area (Å²) in [6, 6.07) is 26.9. The van der Waals surface area contributed by atoms with Gasteiger partial charge in [-0.15, -0.1) is 0 Å². The van der Waals surface area contributed by atoms with Crippen LogP contribution in [0.25, 0.3) is 11.2 Å². The lowest BCUT2D eigenvalue weighted by atomic mass is 9.79. The van der Waals surface area contributed by atoms with Crippen molar-refractivity contribution < 1.29 is 36.4 Å². The lowest BCUT2D eigenvalue weighted by Gasteiger charge is -2.46. The van der Waals surface area contributed by atoms with E-state index in [0.717, 1.165) is 23.1 Å². The number of nitrogens with one attached hydrogen (secondary N) is 2. The number of nitriles is 1. The lowest BCUT2D eigenvalue weighted by molar-refractivity contribution is -0.159. The maximum absolute atomic E-state index is 15.0. The van der Waals surface area contributed by atoms with Gasteiger partial charge < -0.3 is 33.3 Å². The molecule has 2 aromatic heterocycles. The number of hydrogen-bond acceptors (Lipinski definition) is 14. The highest BCUT2D eigenvalue weighted by Gasteiger charge is 2.68. The van der Waals surface area contributed by atoms with E-state index in [-0.39, 0.29) is 61.4 Å². The summed E-state index contributed by atoms with van der Waals surface area (Å²) in [5.41, 5.74) is -0.945. The van der Waals surface area contributed by atoms with E-state index in [9.17, 15) is 10.1 Å². The van der Waals surface area contributed by atoms with Gasteiger partial charge in [0.25, 0.3) is 14.1 Å². The van der Waals surface area contributed by atoms with Gasteiger partial charge in [0, 0.05) is 31.7 Å². The second kappa shape index (κ2) is 19.9. The fourth-order valence-electron chi connectivity index (χ4n) is 8.67. The molecule has 2 aliphatic rings. The number of aromatic amines is 1. The molecule has 2 bridgehead atoms. The van der Waals surface area contributed by atoms with Crippen LogP contribution in [0.15, 0.2) is 90.0 Å². The van der Waals surface area contributed by atoms with E-state index in [4.69, 9.17) is 33.0 Å². The van der Waals surface area contributed by atoms with E-state index < -0.39 is 52.9 Å². The van der Waals surface area contributed by atoms with E-state index in [0.29, 0.717) is 11.5 Å². The molecular weight excluding hydrogens is 872 g/mol. The highest BCUT2D eigenvalue weighted by atomic mass is 32.2. The molecule has 348 valence electrons. The van der Waals surface area contributed by atoms with Crippen LogP contribution in [0.3, 0.4) is 0 Å². The number of rotatable bonds is 20. The standard InChI is InChI=1S/C46H59N8O9PS/c1-10-32(6)49-44-50-41-38(42(55)51-44)48-29-53(41)43-39-40(63-64(61-26-14-25-47)54(30(2)3)31(4)5)45(62-43,27-52(7)65(39,56)57)28-60-46(33-15-12-11-13-16-33,34-17-21-36(58-8)22-18-34)35-19-23-37(59-9)24-20-35/h11-13,15-24,29-32,39-40,43H,10,14,26-28H2,1-9H3,(H2,49,50,51,55)/t32?,39-,40+,43-,45-,64?/m1/s1. The first-order chi connectivity index (χ1) is 31.1. The Labute approximate surface area is 382 Å². The minimum absolute atomic E-state index is 0.00764. The predicted molar refractivity (Wildman–Crippen MR) is 248 cm³/mol. The number of benzene rings is 3. The number of H-pyrrole nitrogens is 1. The number of sulfonamides is 1. The van der Waals surface area contributed by atoms with Crippen molar-refractivity contribution in [3.63, 3.8) is 0 Å². The number of methoxy groups -OCH3 is 2. The van der Waals surface area contributed by atoms with Crippen molar-refractivity contribution in [1.82, 2.24) is 28.5 Å². The SMILES string of the molecule is CCC(C)Nc1nc2c(ncn2[C@@H]2O[C@@]3(COC(c4ccccc4)(c4ccc(OC)cc4)c4ccc(OC)cc4)CN(C)S(=O)(=O)[C@@H]2[C@@H]3OP(OCCC#N)N(C(C)C)C(C)C)c(=O)[nH]1. The van der Waals surface area contributed by atoms with Gasteiger partial charge in [-0.2, -0.15) is 10.2 Å². The second-order valence-electron chi connectivity index (χ2n) is 16.9. The Balaban J connectivity index is 1.45. The van der Waals surface area contributed by atoms with E-state index in [1.165, 1.54) is 22.2 Å². The zero-order valence-electron chi connectivity index (χ0n) is 38.3. The van der Waals surface area contributed by atoms with Crippen molar-refractivity contribution in [2.45, 2.75) is 101 Å². The molecule has 0 radical (unpaired) electrons. The number of ether oxygens (including phenoxy) is 4. The number of hydrogen-bond donors (Lipinski definition) is 2. The maximum atomic E-state index is 15.0. The van der Waals surface area contributed by atoms with E-state index in [1.807, 2.05) is 125 Å². The largest absolute Gasteiger partial charge is 0.497 e. The van der Waals surface area contributed by atoms with E-state index >= 15 is 8.42 Å². The molecule has 2 saturated heterocycles. The normalized spacial score (nSPS) is 21.7. The fraction of sp³-hybridized carbons (Fsp3) is 0.478. The molecule has 0 spiro atoms. The van der Waals surface area contributed by atoms with Gasteiger partial charge >= 0.3 is 0 Å². The third-order valence-corrected chi connectivity index (χ3v) is 16.3. The van der Waals surface area contributed by atoms with Crippen LogP contribution in [0.2, 0.25) is 0 Å². The number of anilines is 1. The molecule has 7 rings (SSSR count). The van der Waals surface area contributed by atoms with Gasteiger partial charge in [-0.1, -0.05) is 61.5 Å². The maximum Gasteiger partial charge on any atom is 0.280 e. The highest BCUT2D eigenvalue weighted by Crippen LogP contribution is 2.57. The molecule has 3 aromatic carbocycles. The second-order valence-corrected chi connectivity index (χ2v) is 20.5. The van der Waals surface area contributed by atoms with E-state index in [2.05, 4.69) is 21.4 Å². The fourth-order valence-corrected chi connectivity index (χ4v) is 12.5. The molecule has 2 unspecified atom stereocenters. The number of nitrogens with zero attached hydrogens (tertiary/aromatic N) is 6. The summed E-state index contributed by atoms with van der Waals surface area (Å²) in [5, 5.41) is 11.3. The van der Waals surface area contributed by atoms with Gasteiger partial charge in [0.2, 0.25) is 16.0 Å². The molecule has 0 amide bonds. The average molecular weight is 931 g/mol. The molecule has 19 heteroatoms. The van der Waals surface area contributed by atoms with Crippen molar-refractivity contribution in [2.75, 3.05) is 46.3 Å². The Morgan fingerprint density at radius 2 is 1.58 bits per heavy atom. The summed E-state index contributed by atoms with van der Waals surface area (Å²) in [5.74, 6) is 1.50. The monoisotopic (exact) mass is 930 g/mol. The Bertz CT molecular complexity index is 2550. The zero-order valence-corrected chi connectivity index (χ0v) is 40.0. The molecule has 17 nitrogen and oxygen atoms in total. The van der Waals surface area contributed by atoms with E-state index in [1.54, 1.807) is 14.2 Å². The molecule has 0 aliphatic carbocycles. The van der Waals surface area contributed by atoms with Gasteiger partial charge in [0.1, 0.15) is 28.8 Å². The first-order valence-corrected chi connectivity index (χ1v) is 24.4. The molecule has 5 aromatic rings. The van der Waals surface area contributed by atoms with Crippen LogP contribution >= 0.6 is 8.53 Å². The topological polar surface area (TPSA) is 195 Å². The molecular formula is C46H59N8O9PS. The van der Waals surface area contributed by atoms with Gasteiger partial charge in [0.05, 0.1) is 46.3 Å². The van der Waals surface area contributed by atoms with Crippen molar-refractivity contribution in [3.8, 4) is 17.6 Å². The van der Waals surface area contributed by atoms with Gasteiger partial charge in [-0.3, -0.25) is 14.3 Å². The Kier molecular flexibility index (Phi) is 14.7. The van der Waals surface area contributed by atoms with Crippen molar-refractivity contribution in [3.05, 3.63) is 112 Å². The Morgan fingerprint density at radius 3 is 2.14 bits per heavy atom. The molecule has 6 atom stereocenters. The van der Waals surface area contributed by atoms with Crippen LogP contribution < -0.4 is 20.3 Å². The third kappa shape index (κ3) is 9.26. The number of likely N-dealkylation sites (N-methyl/N-ethyl adjacent to an activating group) is 1. The van der Waals surface area contributed by atoms with Gasteiger partial charge in [-0.25, -0.2) is 22.4 Å². The van der Waals surface area contributed by atoms with Crippen LogP contribution in [0, 0.1) is 11.3 Å². The molecule has 2 fully saturated rings. The highest BCUT2D eigenvalue weighted by molar-refractivity contribution is 7.89. The molecule has 0 saturated carbocycles. The minimum Gasteiger partial charge on any atom is -0.497 e. The van der Waals surface area contributed by atoms with Crippen molar-refractivity contribution >= 4 is 35.7 Å². The molecule has 4 heterocycles. The summed E-state index contributed by atoms with van der Waals surface area (Å²) in [4.78, 5) is 25.5. The van der Waals surface area contributed by atoms with Crippen molar-refractivity contribution in [1.29, 1.82) is 5.26 Å². The van der Waals surface area contributed by atoms with Crippen LogP contribution in [0.5, 0.6) is 11.5 Å². The predicted octanol–water partition coefficient (Wildman–Crippen LogP) is 6.93. The molecule has 2 N–H and O–H groups in total. The number of imidazole rings is 1. The van der Waals surface area contributed by atoms with Gasteiger partial charge in [0.15, 0.2) is 22.6 Å². The number of fused-ring (bicyclic) bond motifs is 3. The van der Waals surface area contributed by atoms with Crippen LogP contribution in [0.4, 0.5) is 5.95 Å². The average Bonchev–Trinajstić information content (AvgIpc) is 3.84. The first kappa shape index (κ1) is 48.0. The van der Waals surface area contributed by atoms with Crippen LogP contribution in [0.1, 0.15) is 77.3 Å². The summed E-state index contributed by atoms with van der Waals surface area (Å²) in [6.45, 7) is 11.6. The molecule has 2 aliphatic heterocycles. The first-order valence-electron chi connectivity index (χ1n) is 21.7. The Morgan fingerprint density at radius 1 is 0.985 bits per heavy atom. The lowest BCUT2D eigenvalue weighted by Crippen LogP contribution is -2.63. The van der Waals surface area contributed by atoms with Crippen LogP contribution in [-0.2, 0) is 34.1 Å². The molecule has 65 heavy (non-hydrogen) atoms. The third-order valence-electron chi connectivity index (χ3n) is 12.0.